The highest BCUT2D eigenvalue weighted by atomic mass is 127. The van der Waals surface area contributed by atoms with Gasteiger partial charge in [0.25, 0.3) is 5.56 Å². The highest BCUT2D eigenvalue weighted by Gasteiger charge is 2.48. The minimum absolute atomic E-state index is 0.0140. The third-order valence-corrected chi connectivity index (χ3v) is 4.24. The van der Waals surface area contributed by atoms with Crippen molar-refractivity contribution in [3.8, 4) is 0 Å². The largest absolute Gasteiger partial charge is 0.309 e. The van der Waals surface area contributed by atoms with Crippen LogP contribution in [-0.2, 0) is 6.42 Å². The van der Waals surface area contributed by atoms with Crippen LogP contribution >= 0.6 is 22.6 Å². The van der Waals surface area contributed by atoms with E-state index < -0.39 is 0 Å². The maximum Gasteiger partial charge on any atom is 0.264 e. The molecule has 4 heteroatoms. The molecule has 0 aliphatic heterocycles. The number of aryl methyl sites for hydroxylation is 1. The summed E-state index contributed by atoms with van der Waals surface area (Å²) < 4.78 is 0.734. The van der Waals surface area contributed by atoms with Crippen LogP contribution in [0.4, 0.5) is 0 Å². The Labute approximate surface area is 103 Å². The van der Waals surface area contributed by atoms with Crippen molar-refractivity contribution in [2.75, 3.05) is 0 Å². The van der Waals surface area contributed by atoms with E-state index in [9.17, 15) is 4.79 Å². The lowest BCUT2D eigenvalue weighted by molar-refractivity contribution is 0.605. The van der Waals surface area contributed by atoms with E-state index in [4.69, 9.17) is 0 Å². The first-order valence-corrected chi connectivity index (χ1v) is 6.32. The molecular formula is C11H15IN2O. The van der Waals surface area contributed by atoms with Crippen molar-refractivity contribution in [3.05, 3.63) is 25.4 Å². The Balaban J connectivity index is 2.43. The Bertz CT molecular complexity index is 450. The SMILES string of the molecule is CCc1nc(C2CC2(C)C)[nH]c(=O)c1I. The van der Waals surface area contributed by atoms with E-state index in [-0.39, 0.29) is 5.56 Å². The molecule has 0 bridgehead atoms. The maximum absolute atomic E-state index is 11.7. The lowest BCUT2D eigenvalue weighted by atomic mass is 10.1. The van der Waals surface area contributed by atoms with Gasteiger partial charge >= 0.3 is 0 Å². The van der Waals surface area contributed by atoms with Crippen LogP contribution in [0.5, 0.6) is 0 Å². The molecule has 1 atom stereocenters. The number of hydrogen-bond donors (Lipinski definition) is 1. The number of halogens is 1. The molecule has 1 aliphatic rings. The second-order valence-corrected chi connectivity index (χ2v) is 5.89. The molecule has 1 N–H and O–H groups in total. The summed E-state index contributed by atoms with van der Waals surface area (Å²) in [5.41, 5.74) is 1.26. The summed E-state index contributed by atoms with van der Waals surface area (Å²) in [7, 11) is 0. The van der Waals surface area contributed by atoms with Crippen molar-refractivity contribution in [1.82, 2.24) is 9.97 Å². The van der Waals surface area contributed by atoms with Gasteiger partial charge in [-0.1, -0.05) is 20.8 Å². The standard InChI is InChI=1S/C11H15IN2O/c1-4-7-8(12)10(15)14-9(13-7)6-5-11(6,2)3/h6H,4-5H2,1-3H3,(H,13,14,15). The third kappa shape index (κ3) is 1.96. The van der Waals surface area contributed by atoms with E-state index in [1.54, 1.807) is 0 Å². The highest BCUT2D eigenvalue weighted by Crippen LogP contribution is 2.57. The van der Waals surface area contributed by atoms with Crippen LogP contribution in [0.1, 0.15) is 44.6 Å². The molecule has 2 rings (SSSR count). The predicted molar refractivity (Wildman–Crippen MR) is 68.1 cm³/mol. The molecule has 1 aromatic rings. The van der Waals surface area contributed by atoms with Crippen molar-refractivity contribution in [2.24, 2.45) is 5.41 Å². The normalized spacial score (nSPS) is 22.8. The van der Waals surface area contributed by atoms with Crippen molar-refractivity contribution in [2.45, 2.75) is 39.5 Å². The minimum Gasteiger partial charge on any atom is -0.309 e. The Morgan fingerprint density at radius 1 is 1.60 bits per heavy atom. The van der Waals surface area contributed by atoms with Gasteiger partial charge in [0.1, 0.15) is 5.82 Å². The van der Waals surface area contributed by atoms with Gasteiger partial charge in [0.2, 0.25) is 0 Å². The van der Waals surface area contributed by atoms with Crippen LogP contribution in [0, 0.1) is 8.99 Å². The van der Waals surface area contributed by atoms with Crippen LogP contribution in [-0.4, -0.2) is 9.97 Å². The minimum atomic E-state index is 0.0140. The van der Waals surface area contributed by atoms with E-state index >= 15 is 0 Å². The number of nitrogens with zero attached hydrogens (tertiary/aromatic N) is 1. The lowest BCUT2D eigenvalue weighted by Crippen LogP contribution is -2.18. The average Bonchev–Trinajstić information content (AvgIpc) is 2.80. The van der Waals surface area contributed by atoms with Gasteiger partial charge in [0, 0.05) is 5.92 Å². The first-order valence-electron chi connectivity index (χ1n) is 5.24. The Kier molecular flexibility index (Phi) is 2.65. The van der Waals surface area contributed by atoms with E-state index in [1.165, 1.54) is 0 Å². The fourth-order valence-corrected chi connectivity index (χ4v) is 2.49. The number of aromatic amines is 1. The molecule has 0 amide bonds. The van der Waals surface area contributed by atoms with Gasteiger partial charge in [0.15, 0.2) is 0 Å². The molecule has 1 aromatic heterocycles. The number of nitrogens with one attached hydrogen (secondary N) is 1. The lowest BCUT2D eigenvalue weighted by Gasteiger charge is -2.06. The molecule has 0 saturated heterocycles. The van der Waals surface area contributed by atoms with Gasteiger partial charge in [-0.2, -0.15) is 0 Å². The fourth-order valence-electron chi connectivity index (χ4n) is 1.86. The van der Waals surface area contributed by atoms with Gasteiger partial charge < -0.3 is 4.98 Å². The Morgan fingerprint density at radius 2 is 2.20 bits per heavy atom. The molecule has 82 valence electrons. The monoisotopic (exact) mass is 318 g/mol. The zero-order valence-electron chi connectivity index (χ0n) is 9.22. The molecule has 0 radical (unpaired) electrons. The number of aromatic nitrogens is 2. The van der Waals surface area contributed by atoms with Crippen LogP contribution in [0.3, 0.4) is 0 Å². The molecule has 1 heterocycles. The maximum atomic E-state index is 11.7. The van der Waals surface area contributed by atoms with Gasteiger partial charge in [-0.15, -0.1) is 0 Å². The van der Waals surface area contributed by atoms with Crippen LogP contribution in [0.25, 0.3) is 0 Å². The summed E-state index contributed by atoms with van der Waals surface area (Å²) in [4.78, 5) is 19.1. The summed E-state index contributed by atoms with van der Waals surface area (Å²) in [6.07, 6.45) is 1.95. The quantitative estimate of drug-likeness (QED) is 0.852. The van der Waals surface area contributed by atoms with E-state index in [2.05, 4.69) is 46.4 Å². The van der Waals surface area contributed by atoms with Crippen LogP contribution < -0.4 is 5.56 Å². The second-order valence-electron chi connectivity index (χ2n) is 4.81. The number of rotatable bonds is 2. The van der Waals surface area contributed by atoms with Crippen molar-refractivity contribution in [1.29, 1.82) is 0 Å². The second kappa shape index (κ2) is 3.57. The van der Waals surface area contributed by atoms with Gasteiger partial charge in [-0.25, -0.2) is 4.98 Å². The first-order chi connectivity index (χ1) is 6.95. The first kappa shape index (κ1) is 11.1. The summed E-state index contributed by atoms with van der Waals surface area (Å²) in [6, 6.07) is 0. The van der Waals surface area contributed by atoms with Gasteiger partial charge in [-0.3, -0.25) is 4.79 Å². The van der Waals surface area contributed by atoms with E-state index in [0.717, 1.165) is 27.9 Å². The summed E-state index contributed by atoms with van der Waals surface area (Å²) in [5, 5.41) is 0. The Morgan fingerprint density at radius 3 is 2.67 bits per heavy atom. The smallest absolute Gasteiger partial charge is 0.264 e. The molecular weight excluding hydrogens is 303 g/mol. The molecule has 1 fully saturated rings. The zero-order valence-corrected chi connectivity index (χ0v) is 11.4. The van der Waals surface area contributed by atoms with E-state index in [0.29, 0.717) is 11.3 Å². The topological polar surface area (TPSA) is 45.8 Å². The summed E-state index contributed by atoms with van der Waals surface area (Å²) >= 11 is 2.07. The number of hydrogen-bond acceptors (Lipinski definition) is 2. The summed E-state index contributed by atoms with van der Waals surface area (Å²) in [5.74, 6) is 1.31. The molecule has 0 aromatic carbocycles. The molecule has 3 nitrogen and oxygen atoms in total. The molecule has 1 unspecified atom stereocenters. The van der Waals surface area contributed by atoms with Crippen molar-refractivity contribution in [3.63, 3.8) is 0 Å². The number of H-pyrrole nitrogens is 1. The summed E-state index contributed by atoms with van der Waals surface area (Å²) in [6.45, 7) is 6.45. The van der Waals surface area contributed by atoms with Gasteiger partial charge in [0.05, 0.1) is 9.26 Å². The average molecular weight is 318 g/mol. The molecule has 1 aliphatic carbocycles. The third-order valence-electron chi connectivity index (χ3n) is 3.13. The Hall–Kier alpha value is -0.390. The molecule has 0 spiro atoms. The predicted octanol–water partition coefficient (Wildman–Crippen LogP) is 2.45. The highest BCUT2D eigenvalue weighted by molar-refractivity contribution is 14.1. The van der Waals surface area contributed by atoms with Crippen molar-refractivity contribution < 1.29 is 0 Å². The zero-order chi connectivity index (χ0) is 11.2. The van der Waals surface area contributed by atoms with Gasteiger partial charge in [-0.05, 0) is 40.8 Å². The van der Waals surface area contributed by atoms with Crippen LogP contribution in [0.2, 0.25) is 0 Å². The fraction of sp³-hybridized carbons (Fsp3) is 0.636. The van der Waals surface area contributed by atoms with E-state index in [1.807, 2.05) is 6.92 Å². The molecule has 1 saturated carbocycles. The van der Waals surface area contributed by atoms with Crippen molar-refractivity contribution >= 4 is 22.6 Å². The molecule has 15 heavy (non-hydrogen) atoms. The van der Waals surface area contributed by atoms with Crippen LogP contribution in [0.15, 0.2) is 4.79 Å².